The number of Topliss-reactive ketones (excluding diaryl/α,β-unsaturated/α-hetero) is 1. The lowest BCUT2D eigenvalue weighted by Gasteiger charge is -2.45. The molecule has 1 atom stereocenters. The summed E-state index contributed by atoms with van der Waals surface area (Å²) in [6.45, 7) is 6.39. The number of aromatic nitrogens is 1. The number of hydrogen-bond acceptors (Lipinski definition) is 5. The molecule has 0 aliphatic carbocycles. The largest absolute Gasteiger partial charge is 0.503 e. The molecule has 0 radical (unpaired) electrons. The van der Waals surface area contributed by atoms with Gasteiger partial charge in [0.15, 0.2) is 17.2 Å². The zero-order valence-corrected chi connectivity index (χ0v) is 19.3. The first-order valence-electron chi connectivity index (χ1n) is 10.9. The normalized spacial score (nSPS) is 19.0. The maximum absolute atomic E-state index is 13.3. The Kier molecular flexibility index (Phi) is 4.93. The van der Waals surface area contributed by atoms with Gasteiger partial charge < -0.3 is 5.11 Å². The van der Waals surface area contributed by atoms with Crippen molar-refractivity contribution >= 4 is 17.5 Å². The second-order valence-electron chi connectivity index (χ2n) is 9.10. The van der Waals surface area contributed by atoms with E-state index in [1.165, 1.54) is 33.2 Å². The highest BCUT2D eigenvalue weighted by molar-refractivity contribution is 7.98. The van der Waals surface area contributed by atoms with Crippen molar-refractivity contribution in [2.45, 2.75) is 43.9 Å². The molecule has 0 amide bonds. The van der Waals surface area contributed by atoms with E-state index in [4.69, 9.17) is 0 Å². The summed E-state index contributed by atoms with van der Waals surface area (Å²) in [7, 11) is 0. The van der Waals surface area contributed by atoms with Gasteiger partial charge in [0, 0.05) is 34.9 Å². The number of nitrogens with zero attached hydrogens (tertiary/aromatic N) is 2. The molecule has 32 heavy (non-hydrogen) atoms. The van der Waals surface area contributed by atoms with Gasteiger partial charge in [0.25, 0.3) is 0 Å². The third-order valence-electron chi connectivity index (χ3n) is 6.55. The number of carbonyl (C=O) groups is 1. The van der Waals surface area contributed by atoms with E-state index in [0.717, 1.165) is 12.2 Å². The summed E-state index contributed by atoms with van der Waals surface area (Å²) in [5.41, 5.74) is 3.74. The average molecular weight is 447 g/mol. The fraction of sp³-hybridized carbons (Fsp3) is 0.308. The average Bonchev–Trinajstić information content (AvgIpc) is 2.95. The molecule has 0 saturated heterocycles. The van der Waals surface area contributed by atoms with E-state index in [1.54, 1.807) is 10.9 Å². The highest BCUT2D eigenvalue weighted by atomic mass is 32.2. The second kappa shape index (κ2) is 7.55. The first-order chi connectivity index (χ1) is 15.3. The van der Waals surface area contributed by atoms with Crippen molar-refractivity contribution in [2.75, 3.05) is 11.6 Å². The Morgan fingerprint density at radius 1 is 1.09 bits per heavy atom. The summed E-state index contributed by atoms with van der Waals surface area (Å²) in [6.07, 6.45) is 2.52. The van der Waals surface area contributed by atoms with Crippen LogP contribution in [0.2, 0.25) is 0 Å². The maximum atomic E-state index is 13.3. The molecular formula is C26H26N2O3S. The molecule has 1 unspecified atom stereocenters. The second-order valence-corrected chi connectivity index (χ2v) is 10.1. The van der Waals surface area contributed by atoms with Gasteiger partial charge in [0.1, 0.15) is 0 Å². The van der Waals surface area contributed by atoms with Crippen molar-refractivity contribution < 1.29 is 9.90 Å². The van der Waals surface area contributed by atoms with E-state index in [2.05, 4.69) is 54.4 Å². The minimum atomic E-state index is -0.763. The van der Waals surface area contributed by atoms with Crippen molar-refractivity contribution in [3.63, 3.8) is 0 Å². The van der Waals surface area contributed by atoms with Crippen LogP contribution in [0.15, 0.2) is 64.4 Å². The van der Waals surface area contributed by atoms with Crippen molar-refractivity contribution in [3.8, 4) is 5.75 Å². The molecule has 2 aromatic carbocycles. The predicted octanol–water partition coefficient (Wildman–Crippen LogP) is 4.67. The standard InChI is InChI=1S/C26H26N2O3S/c1-4-16-8-7-9-17-14-32-20-11-6-5-10-18(20)22(21(16)17)28-15-26(2,3)25(31)23-24(30)19(29)12-13-27(23)28/h5-13,22,30H,4,14-15H2,1-3H3. The Balaban J connectivity index is 1.84. The third kappa shape index (κ3) is 3.08. The zero-order valence-electron chi connectivity index (χ0n) is 18.5. The van der Waals surface area contributed by atoms with Gasteiger partial charge in [-0.25, -0.2) is 0 Å². The third-order valence-corrected chi connectivity index (χ3v) is 7.69. The van der Waals surface area contributed by atoms with Crippen LogP contribution in [0.3, 0.4) is 0 Å². The molecule has 3 aromatic rings. The molecule has 2 aliphatic heterocycles. The lowest BCUT2D eigenvalue weighted by molar-refractivity contribution is 0.0786. The van der Waals surface area contributed by atoms with Crippen molar-refractivity contribution in [1.29, 1.82) is 0 Å². The summed E-state index contributed by atoms with van der Waals surface area (Å²) >= 11 is 1.82. The highest BCUT2D eigenvalue weighted by Crippen LogP contribution is 2.45. The van der Waals surface area contributed by atoms with Gasteiger partial charge in [-0.05, 0) is 34.7 Å². The molecule has 2 aliphatic rings. The number of aromatic hydroxyl groups is 1. The molecular weight excluding hydrogens is 420 g/mol. The van der Waals surface area contributed by atoms with Crippen molar-refractivity contribution in [3.05, 3.63) is 92.9 Å². The summed E-state index contributed by atoms with van der Waals surface area (Å²) in [5, 5.41) is 12.8. The van der Waals surface area contributed by atoms with E-state index in [9.17, 15) is 14.7 Å². The number of benzene rings is 2. The maximum Gasteiger partial charge on any atom is 0.224 e. The Bertz CT molecular complexity index is 1290. The number of pyridine rings is 1. The van der Waals surface area contributed by atoms with Crippen LogP contribution < -0.4 is 10.4 Å². The molecule has 5 rings (SSSR count). The number of hydrogen-bond donors (Lipinski definition) is 1. The summed E-state index contributed by atoms with van der Waals surface area (Å²) in [6, 6.07) is 16.1. The number of carbonyl (C=O) groups excluding carboxylic acids is 1. The molecule has 0 fully saturated rings. The number of aryl methyl sites for hydroxylation is 1. The Morgan fingerprint density at radius 2 is 1.88 bits per heavy atom. The molecule has 3 heterocycles. The van der Waals surface area contributed by atoms with Crippen LogP contribution in [0, 0.1) is 5.41 Å². The van der Waals surface area contributed by atoms with Gasteiger partial charge in [0.2, 0.25) is 5.43 Å². The molecule has 0 spiro atoms. The van der Waals surface area contributed by atoms with Crippen molar-refractivity contribution in [1.82, 2.24) is 4.68 Å². The lowest BCUT2D eigenvalue weighted by Crippen LogP contribution is -2.54. The SMILES string of the molecule is CCc1cccc2c1C(N1CC(C)(C)C(=O)c3c(O)c(=O)ccn31)c1ccccc1SC2. The van der Waals surface area contributed by atoms with E-state index < -0.39 is 16.6 Å². The van der Waals surface area contributed by atoms with Crippen LogP contribution in [-0.4, -0.2) is 22.1 Å². The summed E-state index contributed by atoms with van der Waals surface area (Å²) in [4.78, 5) is 26.7. The van der Waals surface area contributed by atoms with E-state index in [1.807, 2.05) is 25.6 Å². The first kappa shape index (κ1) is 20.9. The van der Waals surface area contributed by atoms with Gasteiger partial charge >= 0.3 is 0 Å². The smallest absolute Gasteiger partial charge is 0.224 e. The van der Waals surface area contributed by atoms with Crippen LogP contribution in [-0.2, 0) is 12.2 Å². The summed E-state index contributed by atoms with van der Waals surface area (Å²) < 4.78 is 1.71. The van der Waals surface area contributed by atoms with Crippen LogP contribution in [0.4, 0.5) is 0 Å². The van der Waals surface area contributed by atoms with Gasteiger partial charge in [0.05, 0.1) is 6.04 Å². The monoisotopic (exact) mass is 446 g/mol. The fourth-order valence-corrected chi connectivity index (χ4v) is 6.03. The van der Waals surface area contributed by atoms with Crippen LogP contribution in [0.5, 0.6) is 5.75 Å². The Morgan fingerprint density at radius 3 is 2.66 bits per heavy atom. The molecule has 5 nitrogen and oxygen atoms in total. The Hall–Kier alpha value is -2.99. The number of rotatable bonds is 2. The number of fused-ring (bicyclic) bond motifs is 3. The number of ketones is 1. The fourth-order valence-electron chi connectivity index (χ4n) is 4.94. The van der Waals surface area contributed by atoms with E-state index >= 15 is 0 Å². The zero-order chi connectivity index (χ0) is 22.6. The Labute approximate surface area is 191 Å². The van der Waals surface area contributed by atoms with Crippen LogP contribution >= 0.6 is 11.8 Å². The van der Waals surface area contributed by atoms with Gasteiger partial charge in [-0.1, -0.05) is 57.2 Å². The van der Waals surface area contributed by atoms with E-state index in [-0.39, 0.29) is 17.5 Å². The first-order valence-corrected chi connectivity index (χ1v) is 11.9. The topological polar surface area (TPSA) is 62.5 Å². The van der Waals surface area contributed by atoms with Crippen LogP contribution in [0.25, 0.3) is 0 Å². The minimum Gasteiger partial charge on any atom is -0.503 e. The van der Waals surface area contributed by atoms with E-state index in [0.29, 0.717) is 6.54 Å². The quantitative estimate of drug-likeness (QED) is 0.620. The summed E-state index contributed by atoms with van der Waals surface area (Å²) in [5.74, 6) is 0.176. The van der Waals surface area contributed by atoms with Crippen molar-refractivity contribution in [2.24, 2.45) is 5.41 Å². The molecule has 0 saturated carbocycles. The molecule has 0 bridgehead atoms. The van der Waals surface area contributed by atoms with Gasteiger partial charge in [-0.15, -0.1) is 11.8 Å². The van der Waals surface area contributed by atoms with Gasteiger partial charge in [-0.3, -0.25) is 19.3 Å². The molecule has 164 valence electrons. The lowest BCUT2D eigenvalue weighted by atomic mass is 9.82. The minimum absolute atomic E-state index is 0.0682. The molecule has 6 heteroatoms. The predicted molar refractivity (Wildman–Crippen MR) is 127 cm³/mol. The van der Waals surface area contributed by atoms with Crippen LogP contribution in [0.1, 0.15) is 59.6 Å². The van der Waals surface area contributed by atoms with Gasteiger partial charge in [-0.2, -0.15) is 0 Å². The number of thioether (sulfide) groups is 1. The molecule has 1 aromatic heterocycles. The molecule has 1 N–H and O–H groups in total. The highest BCUT2D eigenvalue weighted by Gasteiger charge is 2.44.